The van der Waals surface area contributed by atoms with Crippen molar-refractivity contribution >= 4 is 52.4 Å². The lowest BCUT2D eigenvalue weighted by molar-refractivity contribution is -0.136. The van der Waals surface area contributed by atoms with E-state index < -0.39 is 17.6 Å². The molecule has 0 bridgehead atoms. The molecule has 0 radical (unpaired) electrons. The molecule has 0 spiro atoms. The number of hydrogen-bond acceptors (Lipinski definition) is 6. The molecule has 28 heavy (non-hydrogen) atoms. The van der Waals surface area contributed by atoms with E-state index in [1.165, 1.54) is 10.8 Å². The predicted molar refractivity (Wildman–Crippen MR) is 107 cm³/mol. The van der Waals surface area contributed by atoms with Crippen molar-refractivity contribution in [1.29, 1.82) is 5.26 Å². The van der Waals surface area contributed by atoms with Crippen LogP contribution in [0.25, 0.3) is 11.8 Å². The van der Waals surface area contributed by atoms with Gasteiger partial charge in [0, 0.05) is 12.7 Å². The summed E-state index contributed by atoms with van der Waals surface area (Å²) in [5.74, 6) is -0.801. The maximum absolute atomic E-state index is 12.5. The fraction of sp³-hybridized carbons (Fsp3) is 0.222. The Labute approximate surface area is 169 Å². The van der Waals surface area contributed by atoms with E-state index >= 15 is 0 Å². The molecule has 1 heterocycles. The topological polar surface area (TPSA) is 113 Å². The quantitative estimate of drug-likeness (QED) is 0.709. The number of amides is 2. The van der Waals surface area contributed by atoms with Crippen LogP contribution in [0, 0.1) is 11.3 Å². The molecule has 1 aromatic heterocycles. The third kappa shape index (κ3) is 4.79. The van der Waals surface area contributed by atoms with Gasteiger partial charge >= 0.3 is 12.0 Å². The van der Waals surface area contributed by atoms with Crippen LogP contribution in [0.15, 0.2) is 29.1 Å². The summed E-state index contributed by atoms with van der Waals surface area (Å²) < 4.78 is 6.47. The molecule has 0 aliphatic heterocycles. The number of thiazole rings is 1. The summed E-state index contributed by atoms with van der Waals surface area (Å²) in [5, 5.41) is 14.7. The molecule has 2 rings (SSSR count). The van der Waals surface area contributed by atoms with Gasteiger partial charge in [0.1, 0.15) is 15.3 Å². The first-order valence-corrected chi connectivity index (χ1v) is 9.45. The van der Waals surface area contributed by atoms with Crippen LogP contribution in [0.1, 0.15) is 13.8 Å². The number of para-hydroxylation sites is 1. The zero-order valence-electron chi connectivity index (χ0n) is 15.1. The van der Waals surface area contributed by atoms with Crippen molar-refractivity contribution in [3.05, 3.63) is 48.8 Å². The molecular weight excluding hydrogens is 404 g/mol. The normalized spacial score (nSPS) is 12.1. The van der Waals surface area contributed by atoms with Crippen molar-refractivity contribution < 1.29 is 14.3 Å². The number of carbonyl (C=O) groups is 2. The number of esters is 1. The minimum atomic E-state index is -0.801. The number of anilines is 1. The first kappa shape index (κ1) is 21.2. The van der Waals surface area contributed by atoms with Gasteiger partial charge < -0.3 is 15.4 Å². The van der Waals surface area contributed by atoms with Crippen LogP contribution in [-0.4, -0.2) is 23.2 Å². The average Bonchev–Trinajstić information content (AvgIpc) is 2.98. The maximum atomic E-state index is 12.5. The highest BCUT2D eigenvalue weighted by atomic mass is 35.5. The van der Waals surface area contributed by atoms with Crippen molar-refractivity contribution in [2.24, 2.45) is 0 Å². The molecule has 0 saturated carbocycles. The fourth-order valence-corrected chi connectivity index (χ4v) is 3.49. The second-order valence-electron chi connectivity index (χ2n) is 5.25. The first-order valence-electron chi connectivity index (χ1n) is 8.26. The monoisotopic (exact) mass is 420 g/mol. The number of benzene rings is 1. The van der Waals surface area contributed by atoms with E-state index in [0.717, 1.165) is 11.3 Å². The Morgan fingerprint density at radius 2 is 2.07 bits per heavy atom. The highest BCUT2D eigenvalue weighted by Gasteiger charge is 2.16. The minimum absolute atomic E-state index is 0.106. The third-order valence-electron chi connectivity index (χ3n) is 3.49. The lowest BCUT2D eigenvalue weighted by atomic mass is 10.3. The minimum Gasteiger partial charge on any atom is -0.462 e. The highest BCUT2D eigenvalue weighted by molar-refractivity contribution is 7.07. The molecule has 8 nitrogen and oxygen atoms in total. The summed E-state index contributed by atoms with van der Waals surface area (Å²) >= 11 is 6.89. The van der Waals surface area contributed by atoms with Crippen LogP contribution in [0.4, 0.5) is 10.5 Å². The van der Waals surface area contributed by atoms with Crippen LogP contribution in [0.2, 0.25) is 5.02 Å². The molecule has 2 aromatic rings. The maximum Gasteiger partial charge on any atom is 0.351 e. The Bertz CT molecular complexity index is 1110. The van der Waals surface area contributed by atoms with Gasteiger partial charge in [-0.2, -0.15) is 5.26 Å². The van der Waals surface area contributed by atoms with E-state index in [0.29, 0.717) is 10.7 Å². The molecule has 0 aliphatic carbocycles. The summed E-state index contributed by atoms with van der Waals surface area (Å²) in [7, 11) is 0. The molecule has 1 aromatic carbocycles. The highest BCUT2D eigenvalue weighted by Crippen LogP contribution is 2.19. The molecule has 0 atom stereocenters. The van der Waals surface area contributed by atoms with Crippen molar-refractivity contribution in [2.45, 2.75) is 20.4 Å². The zero-order chi connectivity index (χ0) is 20.7. The summed E-state index contributed by atoms with van der Waals surface area (Å²) in [5.41, 5.74) is -0.279. The Hall–Kier alpha value is -3.09. The lowest BCUT2D eigenvalue weighted by Gasteiger charge is -2.05. The zero-order valence-corrected chi connectivity index (χ0v) is 16.7. The number of hydrogen-bond donors (Lipinski definition) is 2. The van der Waals surface area contributed by atoms with Crippen molar-refractivity contribution in [3.8, 4) is 6.07 Å². The van der Waals surface area contributed by atoms with Crippen LogP contribution in [-0.2, 0) is 16.1 Å². The fourth-order valence-electron chi connectivity index (χ4n) is 2.23. The molecule has 146 valence electrons. The van der Waals surface area contributed by atoms with Crippen LogP contribution < -0.4 is 25.4 Å². The number of nitriles is 1. The van der Waals surface area contributed by atoms with Gasteiger partial charge in [0.25, 0.3) is 5.56 Å². The van der Waals surface area contributed by atoms with Gasteiger partial charge in [-0.15, -0.1) is 11.3 Å². The van der Waals surface area contributed by atoms with Crippen LogP contribution >= 0.6 is 22.9 Å². The summed E-state index contributed by atoms with van der Waals surface area (Å²) in [6.07, 6.45) is 1.22. The van der Waals surface area contributed by atoms with Crippen LogP contribution in [0.3, 0.4) is 0 Å². The second kappa shape index (κ2) is 9.73. The van der Waals surface area contributed by atoms with Crippen molar-refractivity contribution in [1.82, 2.24) is 9.88 Å². The Kier molecular flexibility index (Phi) is 7.37. The number of aromatic nitrogens is 1. The molecule has 0 aliphatic rings. The third-order valence-corrected chi connectivity index (χ3v) is 4.95. The van der Waals surface area contributed by atoms with Gasteiger partial charge in [0.05, 0.1) is 17.3 Å². The van der Waals surface area contributed by atoms with Gasteiger partial charge in [-0.05, 0) is 26.0 Å². The average molecular weight is 421 g/mol. The first-order chi connectivity index (χ1) is 13.4. The molecule has 0 unspecified atom stereocenters. The molecule has 0 fully saturated rings. The Balaban J connectivity index is 2.39. The van der Waals surface area contributed by atoms with E-state index in [9.17, 15) is 19.6 Å². The molecule has 10 heteroatoms. The lowest BCUT2D eigenvalue weighted by Crippen LogP contribution is -2.34. The number of ether oxygens (including phenoxy) is 1. The Morgan fingerprint density at radius 1 is 1.36 bits per heavy atom. The van der Waals surface area contributed by atoms with Crippen LogP contribution in [0.5, 0.6) is 0 Å². The summed E-state index contributed by atoms with van der Waals surface area (Å²) in [6, 6.07) is 7.88. The van der Waals surface area contributed by atoms with E-state index in [1.807, 2.05) is 0 Å². The van der Waals surface area contributed by atoms with E-state index in [1.54, 1.807) is 44.2 Å². The number of nitrogens with one attached hydrogen (secondary N) is 2. The largest absolute Gasteiger partial charge is 0.462 e. The standard InChI is InChI=1S/C18H17ClN4O4S/c1-3-23-15(24)14(28-16(23)11(9-20)17(25)27-4-2)10-21-18(26)22-13-8-6-5-7-12(13)19/h5-8,10H,3-4H2,1-2H3,(H2,21,22,26)/b14-10-,16-11-. The van der Waals surface area contributed by atoms with Gasteiger partial charge in [-0.3, -0.25) is 9.36 Å². The SMILES string of the molecule is CCOC(=O)/C(C#N)=c1\s/c(=C\NC(=O)Nc2ccccc2Cl)c(=O)n1CC. The molecular formula is C18H17ClN4O4S. The second-order valence-corrected chi connectivity index (χ2v) is 6.69. The number of carbonyl (C=O) groups excluding carboxylic acids is 2. The Morgan fingerprint density at radius 3 is 2.68 bits per heavy atom. The number of halogens is 1. The number of urea groups is 1. The van der Waals surface area contributed by atoms with Crippen molar-refractivity contribution in [2.75, 3.05) is 11.9 Å². The van der Waals surface area contributed by atoms with Gasteiger partial charge in [0.15, 0.2) is 5.57 Å². The number of nitrogens with zero attached hydrogens (tertiary/aromatic N) is 2. The van der Waals surface area contributed by atoms with Gasteiger partial charge in [0.2, 0.25) is 0 Å². The van der Waals surface area contributed by atoms with E-state index in [4.69, 9.17) is 16.3 Å². The summed E-state index contributed by atoms with van der Waals surface area (Å²) in [4.78, 5) is 36.5. The molecule has 2 N–H and O–H groups in total. The van der Waals surface area contributed by atoms with Gasteiger partial charge in [-0.25, -0.2) is 9.59 Å². The van der Waals surface area contributed by atoms with E-state index in [-0.39, 0.29) is 27.9 Å². The molecule has 0 saturated heterocycles. The predicted octanol–water partition coefficient (Wildman–Crippen LogP) is 1.38. The molecule has 2 amide bonds. The van der Waals surface area contributed by atoms with E-state index in [2.05, 4.69) is 10.6 Å². The smallest absolute Gasteiger partial charge is 0.351 e. The van der Waals surface area contributed by atoms with Crippen molar-refractivity contribution in [3.63, 3.8) is 0 Å². The number of rotatable bonds is 5. The van der Waals surface area contributed by atoms with Gasteiger partial charge in [-0.1, -0.05) is 23.7 Å². The summed E-state index contributed by atoms with van der Waals surface area (Å²) in [6.45, 7) is 3.68.